The number of rotatable bonds is 0. The second-order valence-corrected chi connectivity index (χ2v) is 2.10. The van der Waals surface area contributed by atoms with Crippen molar-refractivity contribution >= 4 is 29.7 Å². The maximum absolute atomic E-state index is 7.62. The summed E-state index contributed by atoms with van der Waals surface area (Å²) in [6.07, 6.45) is 0.625. The molecule has 0 atom stereocenters. The van der Waals surface area contributed by atoms with Crippen molar-refractivity contribution in [1.82, 2.24) is 10.6 Å². The first kappa shape index (κ1) is 13.1. The zero-order chi connectivity index (χ0) is 7.82. The summed E-state index contributed by atoms with van der Waals surface area (Å²) in [5, 5.41) is 14.3. The molecule has 0 saturated carbocycles. The zero-order valence-corrected chi connectivity index (χ0v) is 8.02. The summed E-state index contributed by atoms with van der Waals surface area (Å²) < 4.78 is 0. The minimum absolute atomic E-state index is 0. The highest BCUT2D eigenvalue weighted by molar-refractivity contribution is 7.80. The van der Waals surface area contributed by atoms with Gasteiger partial charge in [0.25, 0.3) is 0 Å². The van der Waals surface area contributed by atoms with Gasteiger partial charge in [0.2, 0.25) is 0 Å². The number of nitriles is 1. The average Bonchev–Trinajstić information content (AvgIpc) is 2.40. The SMILES string of the molecule is CCC#N.Cl.S=C1NCCN1. The fourth-order valence-corrected chi connectivity index (χ4v) is 0.619. The molecule has 11 heavy (non-hydrogen) atoms. The Morgan fingerprint density at radius 3 is 2.00 bits per heavy atom. The first-order valence-electron chi connectivity index (χ1n) is 3.20. The second kappa shape index (κ2) is 9.47. The molecule has 0 spiro atoms. The molecule has 1 saturated heterocycles. The quantitative estimate of drug-likeness (QED) is 0.559. The summed E-state index contributed by atoms with van der Waals surface area (Å²) in [6, 6.07) is 1.93. The number of nitrogens with zero attached hydrogens (tertiary/aromatic N) is 1. The van der Waals surface area contributed by atoms with Crippen molar-refractivity contribution in [2.45, 2.75) is 13.3 Å². The fraction of sp³-hybridized carbons (Fsp3) is 0.667. The summed E-state index contributed by atoms with van der Waals surface area (Å²) >= 11 is 4.70. The average molecular weight is 194 g/mol. The van der Waals surface area contributed by atoms with E-state index in [9.17, 15) is 0 Å². The normalized spacial score (nSPS) is 12.5. The van der Waals surface area contributed by atoms with Gasteiger partial charge in [0.15, 0.2) is 5.11 Å². The first-order valence-corrected chi connectivity index (χ1v) is 3.60. The molecule has 0 radical (unpaired) electrons. The third-order valence-electron chi connectivity index (χ3n) is 0.854. The van der Waals surface area contributed by atoms with Gasteiger partial charge in [-0.2, -0.15) is 5.26 Å². The van der Waals surface area contributed by atoms with Crippen molar-refractivity contribution in [3.05, 3.63) is 0 Å². The van der Waals surface area contributed by atoms with E-state index in [1.807, 2.05) is 13.0 Å². The topological polar surface area (TPSA) is 47.9 Å². The van der Waals surface area contributed by atoms with E-state index < -0.39 is 0 Å². The predicted octanol–water partition coefficient (Wildman–Crippen LogP) is 0.806. The molecular weight excluding hydrogens is 182 g/mol. The van der Waals surface area contributed by atoms with Gasteiger partial charge in [-0.1, -0.05) is 6.92 Å². The molecule has 1 aliphatic heterocycles. The summed E-state index contributed by atoms with van der Waals surface area (Å²) in [5.74, 6) is 0. The molecule has 0 aliphatic carbocycles. The molecule has 1 heterocycles. The summed E-state index contributed by atoms with van der Waals surface area (Å²) in [6.45, 7) is 3.79. The van der Waals surface area contributed by atoms with Gasteiger partial charge in [-0.25, -0.2) is 0 Å². The molecule has 0 amide bonds. The van der Waals surface area contributed by atoms with Gasteiger partial charge in [-0.3, -0.25) is 0 Å². The molecule has 3 nitrogen and oxygen atoms in total. The molecule has 64 valence electrons. The number of hydrogen-bond donors (Lipinski definition) is 2. The number of nitrogens with one attached hydrogen (secondary N) is 2. The standard InChI is InChI=1S/C3H6N2S.C3H5N.ClH/c6-3-4-1-2-5-3;1-2-3-4;/h1-2H2,(H2,4,5,6);2H2,1H3;1H. The van der Waals surface area contributed by atoms with Crippen molar-refractivity contribution in [2.24, 2.45) is 0 Å². The Balaban J connectivity index is 0. The molecular formula is C6H12ClN3S. The Bertz CT molecular complexity index is 135. The van der Waals surface area contributed by atoms with Gasteiger partial charge in [0.1, 0.15) is 0 Å². The number of hydrogen-bond acceptors (Lipinski definition) is 2. The third-order valence-corrected chi connectivity index (χ3v) is 1.14. The molecule has 5 heteroatoms. The Morgan fingerprint density at radius 2 is 1.91 bits per heavy atom. The molecule has 0 bridgehead atoms. The van der Waals surface area contributed by atoms with Gasteiger partial charge in [0.05, 0.1) is 6.07 Å². The van der Waals surface area contributed by atoms with Crippen LogP contribution in [0.15, 0.2) is 0 Å². The summed E-state index contributed by atoms with van der Waals surface area (Å²) in [7, 11) is 0. The van der Waals surface area contributed by atoms with E-state index in [0.29, 0.717) is 6.42 Å². The van der Waals surface area contributed by atoms with Crippen molar-refractivity contribution in [1.29, 1.82) is 5.26 Å². The van der Waals surface area contributed by atoms with E-state index >= 15 is 0 Å². The molecule has 0 aromatic rings. The highest BCUT2D eigenvalue weighted by atomic mass is 35.5. The molecule has 1 fully saturated rings. The van der Waals surface area contributed by atoms with E-state index in [1.165, 1.54) is 0 Å². The smallest absolute Gasteiger partial charge is 0.166 e. The lowest BCUT2D eigenvalue weighted by atomic mass is 10.6. The molecule has 1 aliphatic rings. The molecule has 0 aromatic heterocycles. The summed E-state index contributed by atoms with van der Waals surface area (Å²) in [4.78, 5) is 0. The van der Waals surface area contributed by atoms with Crippen LogP contribution in [0.25, 0.3) is 0 Å². The molecule has 2 N–H and O–H groups in total. The van der Waals surface area contributed by atoms with Crippen molar-refractivity contribution in [3.8, 4) is 6.07 Å². The van der Waals surface area contributed by atoms with Crippen LogP contribution >= 0.6 is 24.6 Å². The summed E-state index contributed by atoms with van der Waals surface area (Å²) in [5.41, 5.74) is 0. The van der Waals surface area contributed by atoms with Crippen LogP contribution in [0.1, 0.15) is 13.3 Å². The Kier molecular flexibility index (Phi) is 11.3. The van der Waals surface area contributed by atoms with Crippen LogP contribution < -0.4 is 10.6 Å². The lowest BCUT2D eigenvalue weighted by Gasteiger charge is -1.85. The van der Waals surface area contributed by atoms with E-state index in [-0.39, 0.29) is 12.4 Å². The van der Waals surface area contributed by atoms with Crippen LogP contribution in [0.5, 0.6) is 0 Å². The fourth-order valence-electron chi connectivity index (χ4n) is 0.415. The second-order valence-electron chi connectivity index (χ2n) is 1.69. The van der Waals surface area contributed by atoms with Crippen molar-refractivity contribution in [2.75, 3.05) is 13.1 Å². The van der Waals surface area contributed by atoms with Crippen LogP contribution in [-0.4, -0.2) is 18.2 Å². The maximum Gasteiger partial charge on any atom is 0.166 e. The minimum atomic E-state index is 0. The third kappa shape index (κ3) is 9.47. The molecule has 1 rings (SSSR count). The van der Waals surface area contributed by atoms with Crippen LogP contribution in [-0.2, 0) is 0 Å². The van der Waals surface area contributed by atoms with Gasteiger partial charge in [-0.05, 0) is 12.2 Å². The minimum Gasteiger partial charge on any atom is -0.361 e. The Labute approximate surface area is 78.6 Å². The number of halogens is 1. The van der Waals surface area contributed by atoms with Gasteiger partial charge >= 0.3 is 0 Å². The van der Waals surface area contributed by atoms with E-state index in [4.69, 9.17) is 17.5 Å². The Hall–Kier alpha value is -0.530. The van der Waals surface area contributed by atoms with E-state index in [0.717, 1.165) is 18.2 Å². The first-order chi connectivity index (χ1) is 4.81. The highest BCUT2D eigenvalue weighted by Crippen LogP contribution is 1.71. The van der Waals surface area contributed by atoms with Crippen molar-refractivity contribution < 1.29 is 0 Å². The van der Waals surface area contributed by atoms with Crippen LogP contribution in [0.4, 0.5) is 0 Å². The van der Waals surface area contributed by atoms with E-state index in [1.54, 1.807) is 0 Å². The monoisotopic (exact) mass is 193 g/mol. The van der Waals surface area contributed by atoms with Gasteiger partial charge in [-0.15, -0.1) is 12.4 Å². The van der Waals surface area contributed by atoms with Crippen LogP contribution in [0.3, 0.4) is 0 Å². The maximum atomic E-state index is 7.62. The van der Waals surface area contributed by atoms with Crippen molar-refractivity contribution in [3.63, 3.8) is 0 Å². The van der Waals surface area contributed by atoms with E-state index in [2.05, 4.69) is 10.6 Å². The Morgan fingerprint density at radius 1 is 1.55 bits per heavy atom. The number of thiocarbonyl (C=S) groups is 1. The largest absolute Gasteiger partial charge is 0.361 e. The van der Waals surface area contributed by atoms with Crippen LogP contribution in [0.2, 0.25) is 0 Å². The highest BCUT2D eigenvalue weighted by Gasteiger charge is 1.98. The van der Waals surface area contributed by atoms with Crippen LogP contribution in [0, 0.1) is 11.3 Å². The molecule has 0 unspecified atom stereocenters. The molecule has 0 aromatic carbocycles. The lowest BCUT2D eigenvalue weighted by Crippen LogP contribution is -2.19. The predicted molar refractivity (Wildman–Crippen MR) is 51.8 cm³/mol. The van der Waals surface area contributed by atoms with Gasteiger partial charge in [0, 0.05) is 19.5 Å². The lowest BCUT2D eigenvalue weighted by molar-refractivity contribution is 0.942. The zero-order valence-electron chi connectivity index (χ0n) is 6.39. The van der Waals surface area contributed by atoms with Gasteiger partial charge < -0.3 is 10.6 Å².